The first-order chi connectivity index (χ1) is 5.93. The lowest BCUT2D eigenvalue weighted by molar-refractivity contribution is -0.105. The summed E-state index contributed by atoms with van der Waals surface area (Å²) in [5.41, 5.74) is 2.36. The van der Waals surface area contributed by atoms with E-state index in [-0.39, 0.29) is 11.2 Å². The van der Waals surface area contributed by atoms with E-state index in [1.54, 1.807) is 0 Å². The number of hydrogen-bond donors (Lipinski definition) is 0. The van der Waals surface area contributed by atoms with Gasteiger partial charge in [-0.3, -0.25) is 0 Å². The van der Waals surface area contributed by atoms with Crippen molar-refractivity contribution in [1.29, 1.82) is 0 Å². The molecule has 0 atom stereocenters. The molecular weight excluding hydrogens is 160 g/mol. The fraction of sp³-hybridized carbons (Fsp3) is 0.500. The van der Waals surface area contributed by atoms with Crippen molar-refractivity contribution in [3.8, 4) is 0 Å². The van der Waals surface area contributed by atoms with E-state index in [0.29, 0.717) is 0 Å². The van der Waals surface area contributed by atoms with Gasteiger partial charge in [-0.1, -0.05) is 24.3 Å². The van der Waals surface area contributed by atoms with Crippen LogP contribution in [0.25, 0.3) is 0 Å². The topological polar surface area (TPSA) is 9.23 Å². The van der Waals surface area contributed by atoms with E-state index in [0.717, 1.165) is 0 Å². The van der Waals surface area contributed by atoms with Crippen molar-refractivity contribution in [2.24, 2.45) is 0 Å². The molecule has 0 unspecified atom stereocenters. The summed E-state index contributed by atoms with van der Waals surface area (Å²) in [6.45, 7) is 8.50. The van der Waals surface area contributed by atoms with Crippen LogP contribution >= 0.6 is 0 Å². The Morgan fingerprint density at radius 3 is 1.62 bits per heavy atom. The second-order valence-corrected chi connectivity index (χ2v) is 4.67. The van der Waals surface area contributed by atoms with Crippen molar-refractivity contribution in [3.05, 3.63) is 35.4 Å². The molecule has 2 rings (SSSR count). The van der Waals surface area contributed by atoms with Gasteiger partial charge in [0.15, 0.2) is 0 Å². The zero-order chi connectivity index (χ0) is 9.69. The lowest BCUT2D eigenvalue weighted by Gasteiger charge is -2.24. The van der Waals surface area contributed by atoms with Crippen LogP contribution in [0.3, 0.4) is 0 Å². The molecule has 1 aromatic carbocycles. The second kappa shape index (κ2) is 2.36. The van der Waals surface area contributed by atoms with Crippen LogP contribution < -0.4 is 0 Å². The number of fused-ring (bicyclic) bond motifs is 1. The summed E-state index contributed by atoms with van der Waals surface area (Å²) in [5.74, 6) is 0. The Labute approximate surface area is 79.7 Å². The molecule has 0 radical (unpaired) electrons. The van der Waals surface area contributed by atoms with Gasteiger partial charge >= 0.3 is 0 Å². The molecule has 0 N–H and O–H groups in total. The molecule has 0 amide bonds. The maximum absolute atomic E-state index is 6.01. The Kier molecular flexibility index (Phi) is 1.59. The van der Waals surface area contributed by atoms with Crippen LogP contribution in [0.1, 0.15) is 38.8 Å². The van der Waals surface area contributed by atoms with Crippen molar-refractivity contribution in [1.82, 2.24) is 0 Å². The van der Waals surface area contributed by atoms with Crippen LogP contribution in [0.5, 0.6) is 0 Å². The van der Waals surface area contributed by atoms with E-state index in [9.17, 15) is 0 Å². The molecule has 0 bridgehead atoms. The molecule has 0 saturated carbocycles. The van der Waals surface area contributed by atoms with Crippen LogP contribution in [0.4, 0.5) is 0 Å². The smallest absolute Gasteiger partial charge is 0.0890 e. The second-order valence-electron chi connectivity index (χ2n) is 4.67. The SMILES string of the molecule is CC1(C)OC(C)(C)c2ccccc21. The molecule has 0 spiro atoms. The van der Waals surface area contributed by atoms with Gasteiger partial charge in [0.2, 0.25) is 0 Å². The normalized spacial score (nSPS) is 22.8. The first-order valence-corrected chi connectivity index (χ1v) is 4.74. The molecule has 1 aliphatic heterocycles. The van der Waals surface area contributed by atoms with Crippen LogP contribution in [0.15, 0.2) is 24.3 Å². The Bertz CT molecular complexity index is 304. The van der Waals surface area contributed by atoms with E-state index in [1.165, 1.54) is 11.1 Å². The van der Waals surface area contributed by atoms with Gasteiger partial charge in [0.05, 0.1) is 11.2 Å². The van der Waals surface area contributed by atoms with Crippen LogP contribution in [0.2, 0.25) is 0 Å². The maximum atomic E-state index is 6.01. The van der Waals surface area contributed by atoms with Gasteiger partial charge < -0.3 is 4.74 Å². The number of benzene rings is 1. The molecule has 1 aliphatic rings. The van der Waals surface area contributed by atoms with Crippen molar-refractivity contribution < 1.29 is 4.74 Å². The predicted octanol–water partition coefficient (Wildman–Crippen LogP) is 3.19. The summed E-state index contributed by atoms with van der Waals surface area (Å²) in [7, 11) is 0. The Morgan fingerprint density at radius 1 is 0.846 bits per heavy atom. The summed E-state index contributed by atoms with van der Waals surface area (Å²) in [4.78, 5) is 0. The van der Waals surface area contributed by atoms with Gasteiger partial charge in [-0.05, 0) is 38.8 Å². The molecule has 0 saturated heterocycles. The van der Waals surface area contributed by atoms with E-state index < -0.39 is 0 Å². The lowest BCUT2D eigenvalue weighted by atomic mass is 9.91. The monoisotopic (exact) mass is 176 g/mol. The number of rotatable bonds is 0. The summed E-state index contributed by atoms with van der Waals surface area (Å²) in [6, 6.07) is 8.46. The average Bonchev–Trinajstić information content (AvgIpc) is 2.20. The van der Waals surface area contributed by atoms with Gasteiger partial charge in [-0.15, -0.1) is 0 Å². The highest BCUT2D eigenvalue weighted by Crippen LogP contribution is 2.46. The van der Waals surface area contributed by atoms with Gasteiger partial charge in [-0.2, -0.15) is 0 Å². The summed E-state index contributed by atoms with van der Waals surface area (Å²) < 4.78 is 6.01. The van der Waals surface area contributed by atoms with E-state index in [4.69, 9.17) is 4.74 Å². The molecule has 13 heavy (non-hydrogen) atoms. The molecule has 0 aromatic heterocycles. The highest BCUT2D eigenvalue weighted by atomic mass is 16.5. The van der Waals surface area contributed by atoms with Crippen molar-refractivity contribution in [2.75, 3.05) is 0 Å². The maximum Gasteiger partial charge on any atom is 0.0890 e. The quantitative estimate of drug-likeness (QED) is 0.590. The molecule has 1 heteroatoms. The van der Waals surface area contributed by atoms with Gasteiger partial charge in [0, 0.05) is 0 Å². The average molecular weight is 176 g/mol. The zero-order valence-corrected chi connectivity index (χ0v) is 8.72. The molecular formula is C12H16O. The summed E-state index contributed by atoms with van der Waals surface area (Å²) in [5, 5.41) is 0. The minimum atomic E-state index is -0.139. The highest BCUT2D eigenvalue weighted by molar-refractivity contribution is 5.39. The molecule has 70 valence electrons. The molecule has 1 heterocycles. The van der Waals surface area contributed by atoms with Crippen molar-refractivity contribution in [3.63, 3.8) is 0 Å². The van der Waals surface area contributed by atoms with E-state index in [1.807, 2.05) is 0 Å². The van der Waals surface area contributed by atoms with Crippen LogP contribution in [-0.2, 0) is 15.9 Å². The molecule has 1 nitrogen and oxygen atoms in total. The largest absolute Gasteiger partial charge is 0.360 e. The minimum Gasteiger partial charge on any atom is -0.360 e. The number of ether oxygens (including phenoxy) is 1. The molecule has 1 aromatic rings. The zero-order valence-electron chi connectivity index (χ0n) is 8.72. The Balaban J connectivity index is 2.64. The predicted molar refractivity (Wildman–Crippen MR) is 53.6 cm³/mol. The fourth-order valence-corrected chi connectivity index (χ4v) is 2.28. The first-order valence-electron chi connectivity index (χ1n) is 4.74. The minimum absolute atomic E-state index is 0.139. The fourth-order valence-electron chi connectivity index (χ4n) is 2.28. The number of hydrogen-bond acceptors (Lipinski definition) is 1. The van der Waals surface area contributed by atoms with E-state index >= 15 is 0 Å². The third-order valence-corrected chi connectivity index (χ3v) is 2.73. The molecule has 0 aliphatic carbocycles. The van der Waals surface area contributed by atoms with E-state index in [2.05, 4.69) is 52.0 Å². The van der Waals surface area contributed by atoms with Gasteiger partial charge in [0.25, 0.3) is 0 Å². The summed E-state index contributed by atoms with van der Waals surface area (Å²) in [6.07, 6.45) is 0. The standard InChI is InChI=1S/C12H16O/c1-11(2)9-7-5-6-8-10(9)12(3,4)13-11/h5-8H,1-4H3. The molecule has 0 fully saturated rings. The third kappa shape index (κ3) is 1.19. The third-order valence-electron chi connectivity index (χ3n) is 2.73. The van der Waals surface area contributed by atoms with Crippen LogP contribution in [0, 0.1) is 0 Å². The Morgan fingerprint density at radius 2 is 1.23 bits per heavy atom. The van der Waals surface area contributed by atoms with Gasteiger partial charge in [-0.25, -0.2) is 0 Å². The van der Waals surface area contributed by atoms with Crippen LogP contribution in [-0.4, -0.2) is 0 Å². The van der Waals surface area contributed by atoms with Crippen molar-refractivity contribution >= 4 is 0 Å². The van der Waals surface area contributed by atoms with Crippen molar-refractivity contribution in [2.45, 2.75) is 38.9 Å². The van der Waals surface area contributed by atoms with Gasteiger partial charge in [0.1, 0.15) is 0 Å². The lowest BCUT2D eigenvalue weighted by Crippen LogP contribution is -2.22. The summed E-state index contributed by atoms with van der Waals surface area (Å²) >= 11 is 0. The Hall–Kier alpha value is -0.820. The highest BCUT2D eigenvalue weighted by Gasteiger charge is 2.42. The first kappa shape index (κ1) is 8.76.